The van der Waals surface area contributed by atoms with Crippen LogP contribution >= 0.6 is 11.6 Å². The minimum absolute atomic E-state index is 0.242. The summed E-state index contributed by atoms with van der Waals surface area (Å²) in [5, 5.41) is 5.66. The Hall–Kier alpha value is -1.77. The van der Waals surface area contributed by atoms with Crippen molar-refractivity contribution in [2.75, 3.05) is 6.54 Å². The third-order valence-electron chi connectivity index (χ3n) is 4.05. The molecular formula is C17H15ClN2. The lowest BCUT2D eigenvalue weighted by Crippen LogP contribution is -2.30. The summed E-state index contributed by atoms with van der Waals surface area (Å²) in [7, 11) is 0. The molecule has 0 fully saturated rings. The maximum Gasteiger partial charge on any atom is 0.0732 e. The van der Waals surface area contributed by atoms with E-state index in [1.165, 1.54) is 27.7 Å². The van der Waals surface area contributed by atoms with E-state index in [1.54, 1.807) is 0 Å². The van der Waals surface area contributed by atoms with Gasteiger partial charge in [0.1, 0.15) is 0 Å². The van der Waals surface area contributed by atoms with Crippen LogP contribution in [0.5, 0.6) is 0 Å². The van der Waals surface area contributed by atoms with E-state index in [4.69, 9.17) is 11.6 Å². The van der Waals surface area contributed by atoms with Crippen LogP contribution < -0.4 is 5.32 Å². The van der Waals surface area contributed by atoms with Crippen LogP contribution in [-0.2, 0) is 6.42 Å². The lowest BCUT2D eigenvalue weighted by molar-refractivity contribution is 0.560. The maximum absolute atomic E-state index is 6.14. The van der Waals surface area contributed by atoms with E-state index in [0.29, 0.717) is 0 Å². The molecule has 1 atom stereocenters. The first-order chi connectivity index (χ1) is 9.83. The van der Waals surface area contributed by atoms with Gasteiger partial charge in [-0.05, 0) is 35.7 Å². The molecule has 0 aliphatic carbocycles. The largest absolute Gasteiger partial charge is 0.357 e. The molecule has 0 radical (unpaired) electrons. The average Bonchev–Trinajstić information content (AvgIpc) is 2.86. The van der Waals surface area contributed by atoms with Crippen molar-refractivity contribution in [2.45, 2.75) is 12.5 Å². The van der Waals surface area contributed by atoms with Gasteiger partial charge in [0.25, 0.3) is 0 Å². The molecule has 3 aromatic rings. The average molecular weight is 283 g/mol. The van der Waals surface area contributed by atoms with E-state index in [0.717, 1.165) is 18.0 Å². The van der Waals surface area contributed by atoms with Crippen molar-refractivity contribution in [1.82, 2.24) is 10.3 Å². The highest BCUT2D eigenvalue weighted by Crippen LogP contribution is 2.34. The Kier molecular flexibility index (Phi) is 2.79. The van der Waals surface area contributed by atoms with E-state index >= 15 is 0 Å². The summed E-state index contributed by atoms with van der Waals surface area (Å²) < 4.78 is 0. The van der Waals surface area contributed by atoms with Crippen molar-refractivity contribution in [1.29, 1.82) is 0 Å². The van der Waals surface area contributed by atoms with Gasteiger partial charge in [-0.2, -0.15) is 0 Å². The van der Waals surface area contributed by atoms with Gasteiger partial charge in [0.2, 0.25) is 0 Å². The van der Waals surface area contributed by atoms with E-state index in [1.807, 2.05) is 6.07 Å². The quantitative estimate of drug-likeness (QED) is 0.692. The Balaban J connectivity index is 1.91. The van der Waals surface area contributed by atoms with Crippen LogP contribution in [0.1, 0.15) is 22.9 Å². The minimum Gasteiger partial charge on any atom is -0.357 e. The molecular weight excluding hydrogens is 268 g/mol. The number of hydrogen-bond acceptors (Lipinski definition) is 1. The highest BCUT2D eigenvalue weighted by Gasteiger charge is 2.24. The Morgan fingerprint density at radius 1 is 1.05 bits per heavy atom. The molecule has 2 heterocycles. The number of fused-ring (bicyclic) bond motifs is 3. The number of nitrogens with one attached hydrogen (secondary N) is 2. The summed E-state index contributed by atoms with van der Waals surface area (Å²) >= 11 is 6.14. The summed E-state index contributed by atoms with van der Waals surface area (Å²) in [6, 6.07) is 16.9. The van der Waals surface area contributed by atoms with Crippen LogP contribution in [0.25, 0.3) is 10.9 Å². The van der Waals surface area contributed by atoms with Gasteiger partial charge in [-0.3, -0.25) is 0 Å². The van der Waals surface area contributed by atoms with Gasteiger partial charge in [0.15, 0.2) is 0 Å². The first-order valence-electron chi connectivity index (χ1n) is 6.91. The highest BCUT2D eigenvalue weighted by atomic mass is 35.5. The Morgan fingerprint density at radius 2 is 1.90 bits per heavy atom. The summed E-state index contributed by atoms with van der Waals surface area (Å²) in [6.45, 7) is 0.992. The summed E-state index contributed by atoms with van der Waals surface area (Å²) in [5.74, 6) is 0. The van der Waals surface area contributed by atoms with Gasteiger partial charge in [-0.25, -0.2) is 0 Å². The standard InChI is InChI=1S/C17H15ClN2/c18-12-6-7-15-14(10-12)13-8-9-19-16(17(13)20-15)11-4-2-1-3-5-11/h1-7,10,16,19-20H,8-9H2. The molecule has 2 N–H and O–H groups in total. The second-order valence-electron chi connectivity index (χ2n) is 5.25. The van der Waals surface area contributed by atoms with Gasteiger partial charge in [0.05, 0.1) is 6.04 Å². The smallest absolute Gasteiger partial charge is 0.0732 e. The lowest BCUT2D eigenvalue weighted by atomic mass is 9.94. The van der Waals surface area contributed by atoms with Crippen molar-refractivity contribution in [3.63, 3.8) is 0 Å². The number of halogens is 1. The van der Waals surface area contributed by atoms with Crippen molar-refractivity contribution in [3.8, 4) is 0 Å². The van der Waals surface area contributed by atoms with Gasteiger partial charge in [-0.1, -0.05) is 41.9 Å². The molecule has 0 amide bonds. The molecule has 1 aliphatic heterocycles. The van der Waals surface area contributed by atoms with Crippen molar-refractivity contribution >= 4 is 22.5 Å². The van der Waals surface area contributed by atoms with Crippen LogP contribution in [0.4, 0.5) is 0 Å². The van der Waals surface area contributed by atoms with Crippen molar-refractivity contribution < 1.29 is 0 Å². The molecule has 2 nitrogen and oxygen atoms in total. The minimum atomic E-state index is 0.242. The molecule has 100 valence electrons. The van der Waals surface area contributed by atoms with Crippen LogP contribution in [0.15, 0.2) is 48.5 Å². The number of aromatic amines is 1. The van der Waals surface area contributed by atoms with E-state index in [9.17, 15) is 0 Å². The van der Waals surface area contributed by atoms with Crippen LogP contribution in [0.2, 0.25) is 5.02 Å². The molecule has 0 saturated carbocycles. The number of rotatable bonds is 1. The van der Waals surface area contributed by atoms with Gasteiger partial charge < -0.3 is 10.3 Å². The van der Waals surface area contributed by atoms with Crippen LogP contribution in [0.3, 0.4) is 0 Å². The lowest BCUT2D eigenvalue weighted by Gasteiger charge is -2.24. The number of aromatic nitrogens is 1. The van der Waals surface area contributed by atoms with Crippen molar-refractivity contribution in [3.05, 3.63) is 70.4 Å². The Bertz CT molecular complexity index is 761. The Morgan fingerprint density at radius 3 is 2.75 bits per heavy atom. The third kappa shape index (κ3) is 1.84. The molecule has 4 rings (SSSR count). The zero-order chi connectivity index (χ0) is 13.5. The predicted molar refractivity (Wildman–Crippen MR) is 83.3 cm³/mol. The number of hydrogen-bond donors (Lipinski definition) is 2. The second kappa shape index (κ2) is 4.65. The zero-order valence-electron chi connectivity index (χ0n) is 11.0. The fraction of sp³-hybridized carbons (Fsp3) is 0.176. The fourth-order valence-electron chi connectivity index (χ4n) is 3.13. The third-order valence-corrected chi connectivity index (χ3v) is 4.28. The van der Waals surface area contributed by atoms with E-state index in [-0.39, 0.29) is 6.04 Å². The van der Waals surface area contributed by atoms with Crippen LogP contribution in [0, 0.1) is 0 Å². The second-order valence-corrected chi connectivity index (χ2v) is 5.69. The normalized spacial score (nSPS) is 18.1. The number of benzene rings is 2. The summed E-state index contributed by atoms with van der Waals surface area (Å²) in [4.78, 5) is 3.57. The molecule has 2 aromatic carbocycles. The van der Waals surface area contributed by atoms with Gasteiger partial charge >= 0.3 is 0 Å². The zero-order valence-corrected chi connectivity index (χ0v) is 11.7. The van der Waals surface area contributed by atoms with Crippen molar-refractivity contribution in [2.24, 2.45) is 0 Å². The molecule has 1 unspecified atom stereocenters. The first-order valence-corrected chi connectivity index (χ1v) is 7.29. The molecule has 0 bridgehead atoms. The van der Waals surface area contributed by atoms with Crippen LogP contribution in [-0.4, -0.2) is 11.5 Å². The molecule has 1 aromatic heterocycles. The molecule has 0 saturated heterocycles. The highest BCUT2D eigenvalue weighted by molar-refractivity contribution is 6.31. The predicted octanol–water partition coefficient (Wildman–Crippen LogP) is 4.06. The van der Waals surface area contributed by atoms with Gasteiger partial charge in [-0.15, -0.1) is 0 Å². The fourth-order valence-corrected chi connectivity index (χ4v) is 3.30. The van der Waals surface area contributed by atoms with E-state index in [2.05, 4.69) is 52.8 Å². The molecule has 0 spiro atoms. The number of H-pyrrole nitrogens is 1. The SMILES string of the molecule is Clc1ccc2[nH]c3c(c2c1)CCNC3c1ccccc1. The monoisotopic (exact) mass is 282 g/mol. The molecule has 1 aliphatic rings. The van der Waals surface area contributed by atoms with E-state index < -0.39 is 0 Å². The first kappa shape index (κ1) is 12.0. The topological polar surface area (TPSA) is 27.8 Å². The molecule has 20 heavy (non-hydrogen) atoms. The molecule has 3 heteroatoms. The maximum atomic E-state index is 6.14. The Labute approximate surface area is 122 Å². The summed E-state index contributed by atoms with van der Waals surface area (Å²) in [5.41, 5.74) is 5.14. The van der Waals surface area contributed by atoms with Gasteiger partial charge in [0, 0.05) is 28.2 Å². The summed E-state index contributed by atoms with van der Waals surface area (Å²) in [6.07, 6.45) is 1.04.